The van der Waals surface area contributed by atoms with Crippen LogP contribution in [0, 0.1) is 0 Å². The summed E-state index contributed by atoms with van der Waals surface area (Å²) in [5.41, 5.74) is 2.72. The lowest BCUT2D eigenvalue weighted by molar-refractivity contribution is 0.397. The van der Waals surface area contributed by atoms with Gasteiger partial charge in [-0.1, -0.05) is 6.07 Å². The van der Waals surface area contributed by atoms with Crippen LogP contribution in [-0.2, 0) is 0 Å². The lowest BCUT2D eigenvalue weighted by atomic mass is 9.83. The van der Waals surface area contributed by atoms with Gasteiger partial charge in [-0.2, -0.15) is 0 Å². The van der Waals surface area contributed by atoms with Gasteiger partial charge in [0.15, 0.2) is 0 Å². The molecule has 1 fully saturated rings. The highest BCUT2D eigenvalue weighted by Gasteiger charge is 2.41. The molecule has 2 unspecified atom stereocenters. The van der Waals surface area contributed by atoms with E-state index in [-0.39, 0.29) is 42.8 Å². The van der Waals surface area contributed by atoms with E-state index in [2.05, 4.69) is 47.3 Å². The average Bonchev–Trinajstić information content (AvgIpc) is 2.77. The van der Waals surface area contributed by atoms with Crippen molar-refractivity contribution in [3.05, 3.63) is 60.2 Å². The molecule has 0 saturated carbocycles. The average molecular weight is 363 g/mol. The standard InChI is InChI=1S/C16H19N3.3ClH/c1-16(2)14(12-5-8-17-9-6-12)10-15(19-16)13-4-3-7-18-11-13;;;/h3-9,11,14-15,19H,10H2,1-2H3;3*1H. The summed E-state index contributed by atoms with van der Waals surface area (Å²) in [6.45, 7) is 4.54. The van der Waals surface area contributed by atoms with Crippen molar-refractivity contribution in [1.29, 1.82) is 0 Å². The van der Waals surface area contributed by atoms with Crippen molar-refractivity contribution in [1.82, 2.24) is 15.3 Å². The SMILES string of the molecule is CC1(C)NC(c2cccnc2)CC1c1ccncc1.Cl.Cl.Cl. The molecule has 1 aliphatic rings. The molecule has 3 rings (SSSR count). The smallest absolute Gasteiger partial charge is 0.0346 e. The highest BCUT2D eigenvalue weighted by molar-refractivity contribution is 5.86. The van der Waals surface area contributed by atoms with Crippen LogP contribution in [0.15, 0.2) is 49.1 Å². The molecule has 3 heterocycles. The van der Waals surface area contributed by atoms with Gasteiger partial charge in [0.25, 0.3) is 0 Å². The molecule has 22 heavy (non-hydrogen) atoms. The fraction of sp³-hybridized carbons (Fsp3) is 0.375. The fourth-order valence-corrected chi connectivity index (χ4v) is 3.09. The van der Waals surface area contributed by atoms with Crippen molar-refractivity contribution < 1.29 is 0 Å². The van der Waals surface area contributed by atoms with E-state index < -0.39 is 0 Å². The molecule has 0 aromatic carbocycles. The Morgan fingerprint density at radius 3 is 2.23 bits per heavy atom. The highest BCUT2D eigenvalue weighted by Crippen LogP contribution is 2.43. The molecule has 2 atom stereocenters. The molecule has 0 bridgehead atoms. The zero-order valence-electron chi connectivity index (χ0n) is 12.6. The molecule has 122 valence electrons. The van der Waals surface area contributed by atoms with Crippen LogP contribution in [0.25, 0.3) is 0 Å². The lowest BCUT2D eigenvalue weighted by Crippen LogP contribution is -2.37. The Morgan fingerprint density at radius 1 is 0.955 bits per heavy atom. The van der Waals surface area contributed by atoms with E-state index in [4.69, 9.17) is 0 Å². The normalized spacial score (nSPS) is 21.9. The van der Waals surface area contributed by atoms with Crippen LogP contribution in [0.3, 0.4) is 0 Å². The third-order valence-corrected chi connectivity index (χ3v) is 4.08. The third-order valence-electron chi connectivity index (χ3n) is 4.08. The lowest BCUT2D eigenvalue weighted by Gasteiger charge is -2.27. The molecular formula is C16H22Cl3N3. The molecule has 0 spiro atoms. The first-order valence-electron chi connectivity index (χ1n) is 6.74. The van der Waals surface area contributed by atoms with Crippen molar-refractivity contribution in [2.75, 3.05) is 0 Å². The highest BCUT2D eigenvalue weighted by atomic mass is 35.5. The largest absolute Gasteiger partial charge is 0.304 e. The van der Waals surface area contributed by atoms with Crippen molar-refractivity contribution in [2.45, 2.75) is 37.8 Å². The van der Waals surface area contributed by atoms with Gasteiger partial charge >= 0.3 is 0 Å². The summed E-state index contributed by atoms with van der Waals surface area (Å²) in [5.74, 6) is 0.501. The summed E-state index contributed by atoms with van der Waals surface area (Å²) in [6, 6.07) is 8.78. The number of hydrogen-bond acceptors (Lipinski definition) is 3. The Bertz CT molecular complexity index is 549. The number of halogens is 3. The van der Waals surface area contributed by atoms with Gasteiger partial charge in [-0.15, -0.1) is 37.2 Å². The van der Waals surface area contributed by atoms with Crippen molar-refractivity contribution >= 4 is 37.2 Å². The zero-order valence-corrected chi connectivity index (χ0v) is 15.0. The predicted molar refractivity (Wildman–Crippen MR) is 97.5 cm³/mol. The van der Waals surface area contributed by atoms with Gasteiger partial charge < -0.3 is 5.32 Å². The van der Waals surface area contributed by atoms with Gasteiger partial charge in [0.05, 0.1) is 0 Å². The van der Waals surface area contributed by atoms with E-state index in [1.807, 2.05) is 30.9 Å². The van der Waals surface area contributed by atoms with Gasteiger partial charge in [-0.3, -0.25) is 9.97 Å². The Labute approximate surface area is 150 Å². The molecule has 0 amide bonds. The zero-order chi connectivity index (χ0) is 13.3. The van der Waals surface area contributed by atoms with E-state index in [1.165, 1.54) is 11.1 Å². The van der Waals surface area contributed by atoms with Crippen LogP contribution < -0.4 is 5.32 Å². The number of rotatable bonds is 2. The number of pyridine rings is 2. The minimum atomic E-state index is 0. The van der Waals surface area contributed by atoms with E-state index in [9.17, 15) is 0 Å². The molecule has 0 radical (unpaired) electrons. The Morgan fingerprint density at radius 2 is 1.64 bits per heavy atom. The van der Waals surface area contributed by atoms with Crippen LogP contribution in [0.1, 0.15) is 43.4 Å². The Balaban J connectivity index is 0.00000147. The molecule has 0 aliphatic carbocycles. The summed E-state index contributed by atoms with van der Waals surface area (Å²) in [4.78, 5) is 8.34. The van der Waals surface area contributed by atoms with Crippen LogP contribution in [0.4, 0.5) is 0 Å². The fourth-order valence-electron chi connectivity index (χ4n) is 3.09. The van der Waals surface area contributed by atoms with Gasteiger partial charge in [0, 0.05) is 42.3 Å². The molecule has 3 nitrogen and oxygen atoms in total. The van der Waals surface area contributed by atoms with Crippen LogP contribution in [-0.4, -0.2) is 15.5 Å². The summed E-state index contributed by atoms with van der Waals surface area (Å²) in [7, 11) is 0. The second-order valence-corrected chi connectivity index (χ2v) is 5.77. The second kappa shape index (κ2) is 8.68. The summed E-state index contributed by atoms with van der Waals surface area (Å²) < 4.78 is 0. The molecule has 2 aromatic heterocycles. The van der Waals surface area contributed by atoms with E-state index in [0.717, 1.165) is 6.42 Å². The maximum Gasteiger partial charge on any atom is 0.0346 e. The minimum Gasteiger partial charge on any atom is -0.304 e. The predicted octanol–water partition coefficient (Wildman–Crippen LogP) is 4.34. The summed E-state index contributed by atoms with van der Waals surface area (Å²) in [6.07, 6.45) is 8.64. The van der Waals surface area contributed by atoms with Crippen molar-refractivity contribution in [2.24, 2.45) is 0 Å². The Kier molecular flexibility index (Phi) is 8.34. The maximum atomic E-state index is 4.22. The molecular weight excluding hydrogens is 341 g/mol. The molecule has 1 saturated heterocycles. The van der Waals surface area contributed by atoms with Crippen LogP contribution >= 0.6 is 37.2 Å². The molecule has 2 aromatic rings. The first-order valence-corrected chi connectivity index (χ1v) is 6.74. The third kappa shape index (κ3) is 4.32. The molecule has 1 aliphatic heterocycles. The van der Waals surface area contributed by atoms with E-state index in [0.29, 0.717) is 12.0 Å². The number of nitrogens with one attached hydrogen (secondary N) is 1. The van der Waals surface area contributed by atoms with Crippen molar-refractivity contribution in [3.8, 4) is 0 Å². The van der Waals surface area contributed by atoms with Gasteiger partial charge in [-0.25, -0.2) is 0 Å². The quantitative estimate of drug-likeness (QED) is 0.863. The number of aromatic nitrogens is 2. The summed E-state index contributed by atoms with van der Waals surface area (Å²) >= 11 is 0. The van der Waals surface area contributed by atoms with Gasteiger partial charge in [0.2, 0.25) is 0 Å². The minimum absolute atomic E-state index is 0. The van der Waals surface area contributed by atoms with E-state index >= 15 is 0 Å². The number of nitrogens with zero attached hydrogens (tertiary/aromatic N) is 2. The summed E-state index contributed by atoms with van der Waals surface area (Å²) in [5, 5.41) is 3.73. The van der Waals surface area contributed by atoms with Gasteiger partial charge in [-0.05, 0) is 49.6 Å². The maximum absolute atomic E-state index is 4.22. The van der Waals surface area contributed by atoms with Crippen LogP contribution in [0.5, 0.6) is 0 Å². The van der Waals surface area contributed by atoms with Crippen LogP contribution in [0.2, 0.25) is 0 Å². The van der Waals surface area contributed by atoms with Gasteiger partial charge in [0.1, 0.15) is 0 Å². The number of hydrogen-bond donors (Lipinski definition) is 1. The molecule has 1 N–H and O–H groups in total. The van der Waals surface area contributed by atoms with E-state index in [1.54, 1.807) is 0 Å². The first kappa shape index (κ1) is 21.1. The van der Waals surface area contributed by atoms with Crippen molar-refractivity contribution in [3.63, 3.8) is 0 Å². The Hall–Kier alpha value is -0.870. The topological polar surface area (TPSA) is 37.8 Å². The second-order valence-electron chi connectivity index (χ2n) is 5.77. The first-order chi connectivity index (χ1) is 9.17. The molecule has 6 heteroatoms. The monoisotopic (exact) mass is 361 g/mol.